The molecule has 0 radical (unpaired) electrons. The summed E-state index contributed by atoms with van der Waals surface area (Å²) in [5.74, 6) is 1.62. The van der Waals surface area contributed by atoms with E-state index in [-0.39, 0.29) is 10.7 Å². The molecule has 0 amide bonds. The largest absolute Gasteiger partial charge is 0.497 e. The Hall–Kier alpha value is -3.26. The molecular formula is C20H21N3O4S. The molecule has 3 rings (SSSR count). The van der Waals surface area contributed by atoms with Crippen molar-refractivity contribution in [1.29, 1.82) is 0 Å². The number of aromatic nitrogens is 1. The zero-order chi connectivity index (χ0) is 20.0. The first kappa shape index (κ1) is 19.5. The van der Waals surface area contributed by atoms with Gasteiger partial charge >= 0.3 is 0 Å². The number of benzene rings is 2. The summed E-state index contributed by atoms with van der Waals surface area (Å²) in [6.07, 6.45) is 1.56. The average Bonchev–Trinajstić information content (AvgIpc) is 2.70. The number of nitrogens with zero attached hydrogens (tertiary/aromatic N) is 1. The molecule has 2 aromatic carbocycles. The molecule has 1 heterocycles. The van der Waals surface area contributed by atoms with Gasteiger partial charge in [0.1, 0.15) is 17.3 Å². The Kier molecular flexibility index (Phi) is 6.00. The van der Waals surface area contributed by atoms with E-state index < -0.39 is 10.0 Å². The molecule has 0 saturated heterocycles. The highest BCUT2D eigenvalue weighted by Crippen LogP contribution is 2.22. The number of ether oxygens (including phenoxy) is 2. The fourth-order valence-corrected chi connectivity index (χ4v) is 3.46. The van der Waals surface area contributed by atoms with E-state index >= 15 is 0 Å². The Morgan fingerprint density at radius 2 is 1.54 bits per heavy atom. The third-order valence-electron chi connectivity index (χ3n) is 3.83. The predicted octanol–water partition coefficient (Wildman–Crippen LogP) is 4.03. The van der Waals surface area contributed by atoms with Crippen molar-refractivity contribution in [3.8, 4) is 11.5 Å². The second-order valence-corrected chi connectivity index (χ2v) is 7.48. The number of hydrogen-bond acceptors (Lipinski definition) is 6. The summed E-state index contributed by atoms with van der Waals surface area (Å²) >= 11 is 0. The van der Waals surface area contributed by atoms with Crippen LogP contribution >= 0.6 is 0 Å². The lowest BCUT2D eigenvalue weighted by Gasteiger charge is -2.10. The van der Waals surface area contributed by atoms with Crippen LogP contribution < -0.4 is 19.5 Å². The Bertz CT molecular complexity index is 1000. The third-order valence-corrected chi connectivity index (χ3v) is 5.20. The van der Waals surface area contributed by atoms with Crippen molar-refractivity contribution in [1.82, 2.24) is 4.98 Å². The fraction of sp³-hybridized carbons (Fsp3) is 0.150. The Labute approximate surface area is 164 Å². The van der Waals surface area contributed by atoms with Crippen LogP contribution in [-0.4, -0.2) is 27.1 Å². The molecule has 8 heteroatoms. The Balaban J connectivity index is 1.67. The topological polar surface area (TPSA) is 89.6 Å². The molecule has 1 aromatic heterocycles. The van der Waals surface area contributed by atoms with Crippen LogP contribution in [0.5, 0.6) is 11.5 Å². The zero-order valence-electron chi connectivity index (χ0n) is 15.5. The van der Waals surface area contributed by atoms with Gasteiger partial charge in [0.05, 0.1) is 30.5 Å². The van der Waals surface area contributed by atoms with Crippen molar-refractivity contribution in [3.63, 3.8) is 0 Å². The van der Waals surface area contributed by atoms with Crippen LogP contribution in [0.3, 0.4) is 0 Å². The van der Waals surface area contributed by atoms with Crippen LogP contribution in [0.2, 0.25) is 0 Å². The van der Waals surface area contributed by atoms with Crippen LogP contribution in [0, 0.1) is 0 Å². The van der Waals surface area contributed by atoms with Crippen LogP contribution in [0.4, 0.5) is 17.2 Å². The normalized spacial score (nSPS) is 10.9. The minimum Gasteiger partial charge on any atom is -0.497 e. The van der Waals surface area contributed by atoms with Crippen LogP contribution in [0.25, 0.3) is 0 Å². The highest BCUT2D eigenvalue weighted by atomic mass is 32.2. The molecule has 0 aliphatic rings. The van der Waals surface area contributed by atoms with Gasteiger partial charge in [-0.25, -0.2) is 13.4 Å². The third kappa shape index (κ3) is 4.92. The lowest BCUT2D eigenvalue weighted by Crippen LogP contribution is -2.13. The first-order valence-electron chi connectivity index (χ1n) is 8.63. The van der Waals surface area contributed by atoms with Gasteiger partial charge in [0.25, 0.3) is 10.0 Å². The second kappa shape index (κ2) is 8.62. The van der Waals surface area contributed by atoms with Gasteiger partial charge in [0.15, 0.2) is 0 Å². The molecule has 0 aliphatic carbocycles. The lowest BCUT2D eigenvalue weighted by atomic mass is 10.3. The molecule has 0 saturated carbocycles. The summed E-state index contributed by atoms with van der Waals surface area (Å²) in [6.45, 7) is 2.39. The smallest absolute Gasteiger partial charge is 0.263 e. The van der Waals surface area contributed by atoms with E-state index in [1.165, 1.54) is 12.1 Å². The molecular weight excluding hydrogens is 378 g/mol. The van der Waals surface area contributed by atoms with E-state index in [1.54, 1.807) is 37.6 Å². The number of nitrogens with one attached hydrogen (secondary N) is 2. The van der Waals surface area contributed by atoms with Gasteiger partial charge < -0.3 is 14.8 Å². The summed E-state index contributed by atoms with van der Waals surface area (Å²) < 4.78 is 37.9. The van der Waals surface area contributed by atoms with Gasteiger partial charge in [-0.2, -0.15) is 0 Å². The summed E-state index contributed by atoms with van der Waals surface area (Å²) in [6, 6.07) is 17.0. The van der Waals surface area contributed by atoms with Crippen LogP contribution in [-0.2, 0) is 10.0 Å². The van der Waals surface area contributed by atoms with Crippen LogP contribution in [0.1, 0.15) is 6.92 Å². The van der Waals surface area contributed by atoms with E-state index in [4.69, 9.17) is 9.47 Å². The van der Waals surface area contributed by atoms with Crippen molar-refractivity contribution < 1.29 is 17.9 Å². The van der Waals surface area contributed by atoms with Crippen molar-refractivity contribution in [2.45, 2.75) is 11.8 Å². The van der Waals surface area contributed by atoms with Crippen molar-refractivity contribution in [3.05, 3.63) is 66.9 Å². The SMILES string of the molecule is CCOc1ccc(S(=O)(=O)Nc2ccc(Nc3ccc(OC)cc3)cn2)cc1. The van der Waals surface area contributed by atoms with Gasteiger partial charge in [-0.05, 0) is 67.6 Å². The van der Waals surface area contributed by atoms with Crippen LogP contribution in [0.15, 0.2) is 71.8 Å². The van der Waals surface area contributed by atoms with Gasteiger partial charge in [-0.15, -0.1) is 0 Å². The molecule has 28 heavy (non-hydrogen) atoms. The minimum atomic E-state index is -3.73. The van der Waals surface area contributed by atoms with Crippen molar-refractivity contribution >= 4 is 27.2 Å². The maximum absolute atomic E-state index is 12.5. The fourth-order valence-electron chi connectivity index (χ4n) is 2.45. The van der Waals surface area contributed by atoms with Crippen molar-refractivity contribution in [2.24, 2.45) is 0 Å². The van der Waals surface area contributed by atoms with Gasteiger partial charge in [-0.1, -0.05) is 0 Å². The number of sulfonamides is 1. The minimum absolute atomic E-state index is 0.137. The first-order valence-corrected chi connectivity index (χ1v) is 10.1. The Morgan fingerprint density at radius 3 is 2.11 bits per heavy atom. The van der Waals surface area contributed by atoms with E-state index in [1.807, 2.05) is 31.2 Å². The summed E-state index contributed by atoms with van der Waals surface area (Å²) in [5, 5.41) is 3.19. The monoisotopic (exact) mass is 399 g/mol. The van der Waals surface area contributed by atoms with Crippen molar-refractivity contribution in [2.75, 3.05) is 23.8 Å². The molecule has 0 unspecified atom stereocenters. The molecule has 0 bridgehead atoms. The molecule has 0 atom stereocenters. The number of anilines is 3. The van der Waals surface area contributed by atoms with Gasteiger partial charge in [-0.3, -0.25) is 4.72 Å². The maximum atomic E-state index is 12.5. The number of pyridine rings is 1. The predicted molar refractivity (Wildman–Crippen MR) is 109 cm³/mol. The quantitative estimate of drug-likeness (QED) is 0.594. The highest BCUT2D eigenvalue weighted by Gasteiger charge is 2.15. The molecule has 3 aromatic rings. The molecule has 0 spiro atoms. The molecule has 7 nitrogen and oxygen atoms in total. The van der Waals surface area contributed by atoms with Gasteiger partial charge in [0, 0.05) is 5.69 Å². The standard InChI is InChI=1S/C20H21N3O4S/c1-3-27-18-9-11-19(12-10-18)28(24,25)23-20-13-6-16(14-21-20)22-15-4-7-17(26-2)8-5-15/h4-14,22H,3H2,1-2H3,(H,21,23). The molecule has 2 N–H and O–H groups in total. The van der Waals surface area contributed by atoms with E-state index in [0.29, 0.717) is 12.4 Å². The summed E-state index contributed by atoms with van der Waals surface area (Å²) in [5.41, 5.74) is 1.60. The molecule has 0 aliphatic heterocycles. The van der Waals surface area contributed by atoms with Gasteiger partial charge in [0.2, 0.25) is 0 Å². The van der Waals surface area contributed by atoms with E-state index in [0.717, 1.165) is 17.1 Å². The Morgan fingerprint density at radius 1 is 0.893 bits per heavy atom. The van der Waals surface area contributed by atoms with E-state index in [2.05, 4.69) is 15.0 Å². The number of rotatable bonds is 8. The highest BCUT2D eigenvalue weighted by molar-refractivity contribution is 7.92. The molecule has 146 valence electrons. The second-order valence-electron chi connectivity index (χ2n) is 5.80. The summed E-state index contributed by atoms with van der Waals surface area (Å²) in [7, 11) is -2.12. The average molecular weight is 399 g/mol. The lowest BCUT2D eigenvalue weighted by molar-refractivity contribution is 0.340. The number of hydrogen-bond donors (Lipinski definition) is 2. The molecule has 0 fully saturated rings. The van der Waals surface area contributed by atoms with E-state index in [9.17, 15) is 8.42 Å². The maximum Gasteiger partial charge on any atom is 0.263 e. The summed E-state index contributed by atoms with van der Waals surface area (Å²) in [4.78, 5) is 4.30. The number of methoxy groups -OCH3 is 1. The zero-order valence-corrected chi connectivity index (χ0v) is 16.4. The first-order chi connectivity index (χ1) is 13.5.